The van der Waals surface area contributed by atoms with Crippen molar-refractivity contribution in [2.24, 2.45) is 0 Å². The number of hydrogen-bond donors (Lipinski definition) is 2. The fourth-order valence-corrected chi connectivity index (χ4v) is 3.04. The number of amides is 1. The highest BCUT2D eigenvalue weighted by molar-refractivity contribution is 6.35. The van der Waals surface area contributed by atoms with Crippen molar-refractivity contribution in [3.63, 3.8) is 0 Å². The summed E-state index contributed by atoms with van der Waals surface area (Å²) >= 11 is 12.0. The van der Waals surface area contributed by atoms with Crippen LogP contribution in [-0.2, 0) is 11.2 Å². The van der Waals surface area contributed by atoms with Crippen molar-refractivity contribution in [3.05, 3.63) is 33.8 Å². The first kappa shape index (κ1) is 18.6. The molecular formula is C15H21Cl3N2O. The molecule has 1 aliphatic rings. The first-order chi connectivity index (χ1) is 9.54. The first-order valence-electron chi connectivity index (χ1n) is 7.01. The van der Waals surface area contributed by atoms with Gasteiger partial charge in [0.2, 0.25) is 5.91 Å². The molecule has 1 saturated heterocycles. The van der Waals surface area contributed by atoms with Crippen LogP contribution in [0.1, 0.15) is 31.7 Å². The zero-order valence-corrected chi connectivity index (χ0v) is 14.3. The van der Waals surface area contributed by atoms with E-state index < -0.39 is 0 Å². The van der Waals surface area contributed by atoms with Crippen molar-refractivity contribution in [1.29, 1.82) is 0 Å². The number of piperidine rings is 1. The van der Waals surface area contributed by atoms with Gasteiger partial charge in [0.15, 0.2) is 0 Å². The fraction of sp³-hybridized carbons (Fsp3) is 0.533. The molecule has 6 heteroatoms. The van der Waals surface area contributed by atoms with E-state index in [0.29, 0.717) is 35.0 Å². The molecule has 0 aliphatic carbocycles. The maximum atomic E-state index is 12.0. The summed E-state index contributed by atoms with van der Waals surface area (Å²) in [6.45, 7) is 3.11. The molecule has 0 radical (unpaired) electrons. The summed E-state index contributed by atoms with van der Waals surface area (Å²) in [4.78, 5) is 12.0. The topological polar surface area (TPSA) is 41.1 Å². The van der Waals surface area contributed by atoms with E-state index in [1.807, 2.05) is 6.07 Å². The number of nitrogens with one attached hydrogen (secondary N) is 2. The maximum absolute atomic E-state index is 12.0. The van der Waals surface area contributed by atoms with E-state index in [2.05, 4.69) is 17.6 Å². The highest BCUT2D eigenvalue weighted by Gasteiger charge is 2.19. The van der Waals surface area contributed by atoms with Crippen LogP contribution in [0.25, 0.3) is 0 Å². The molecule has 118 valence electrons. The second-order valence-electron chi connectivity index (χ2n) is 5.38. The molecule has 2 rings (SSSR count). The first-order valence-corrected chi connectivity index (χ1v) is 7.77. The van der Waals surface area contributed by atoms with Gasteiger partial charge in [-0.3, -0.25) is 4.79 Å². The van der Waals surface area contributed by atoms with Gasteiger partial charge in [-0.1, -0.05) is 29.3 Å². The van der Waals surface area contributed by atoms with E-state index in [9.17, 15) is 4.79 Å². The van der Waals surface area contributed by atoms with Gasteiger partial charge in [0.05, 0.1) is 0 Å². The maximum Gasteiger partial charge on any atom is 0.220 e. The molecule has 2 atom stereocenters. The van der Waals surface area contributed by atoms with Gasteiger partial charge in [-0.25, -0.2) is 0 Å². The van der Waals surface area contributed by atoms with E-state index >= 15 is 0 Å². The minimum absolute atomic E-state index is 0. The number of carbonyl (C=O) groups is 1. The van der Waals surface area contributed by atoms with E-state index in [-0.39, 0.29) is 18.3 Å². The monoisotopic (exact) mass is 350 g/mol. The van der Waals surface area contributed by atoms with Crippen LogP contribution < -0.4 is 10.6 Å². The highest BCUT2D eigenvalue weighted by Crippen LogP contribution is 2.22. The molecule has 2 N–H and O–H groups in total. The molecule has 3 nitrogen and oxygen atoms in total. The number of rotatable bonds is 4. The van der Waals surface area contributed by atoms with Crippen molar-refractivity contribution < 1.29 is 4.79 Å². The quantitative estimate of drug-likeness (QED) is 0.870. The number of carbonyl (C=O) groups excluding carboxylic acids is 1. The van der Waals surface area contributed by atoms with Gasteiger partial charge in [0.25, 0.3) is 0 Å². The standard InChI is InChI=1S/C15H20Cl2N2O.ClH/c1-10-8-13(6-7-18-10)19-15(20)5-3-11-2-4-12(16)9-14(11)17;/h2,4,9-10,13,18H,3,5-8H2,1H3,(H,19,20);1H. The van der Waals surface area contributed by atoms with Crippen LogP contribution in [0.2, 0.25) is 10.0 Å². The third-order valence-corrected chi connectivity index (χ3v) is 4.21. The Kier molecular flexibility index (Phi) is 7.82. The van der Waals surface area contributed by atoms with Gasteiger partial charge in [-0.05, 0) is 50.4 Å². The summed E-state index contributed by atoms with van der Waals surface area (Å²) < 4.78 is 0. The average molecular weight is 352 g/mol. The minimum Gasteiger partial charge on any atom is -0.353 e. The van der Waals surface area contributed by atoms with Crippen molar-refractivity contribution in [3.8, 4) is 0 Å². The summed E-state index contributed by atoms with van der Waals surface area (Å²) in [6.07, 6.45) is 3.09. The van der Waals surface area contributed by atoms with Gasteiger partial charge < -0.3 is 10.6 Å². The van der Waals surface area contributed by atoms with E-state index in [1.165, 1.54) is 0 Å². The Bertz CT molecular complexity index is 482. The van der Waals surface area contributed by atoms with Crippen LogP contribution in [0.4, 0.5) is 0 Å². The van der Waals surface area contributed by atoms with Crippen LogP contribution in [0.15, 0.2) is 18.2 Å². The molecule has 21 heavy (non-hydrogen) atoms. The molecule has 2 unspecified atom stereocenters. The van der Waals surface area contributed by atoms with Gasteiger partial charge in [-0.2, -0.15) is 0 Å². The van der Waals surface area contributed by atoms with E-state index in [4.69, 9.17) is 23.2 Å². The summed E-state index contributed by atoms with van der Waals surface area (Å²) in [6, 6.07) is 6.16. The number of aryl methyl sites for hydroxylation is 1. The lowest BCUT2D eigenvalue weighted by atomic mass is 10.0. The van der Waals surface area contributed by atoms with Gasteiger partial charge >= 0.3 is 0 Å². The summed E-state index contributed by atoms with van der Waals surface area (Å²) in [5.41, 5.74) is 0.963. The van der Waals surface area contributed by atoms with Crippen molar-refractivity contribution >= 4 is 41.5 Å². The molecule has 1 aliphatic heterocycles. The lowest BCUT2D eigenvalue weighted by Gasteiger charge is -2.28. The Labute approximate surface area is 142 Å². The van der Waals surface area contributed by atoms with Gasteiger partial charge in [0, 0.05) is 28.5 Å². The molecule has 1 fully saturated rings. The second-order valence-corrected chi connectivity index (χ2v) is 6.22. The Hall–Kier alpha value is -0.480. The van der Waals surface area contributed by atoms with Gasteiger partial charge in [0.1, 0.15) is 0 Å². The molecule has 0 spiro atoms. The van der Waals surface area contributed by atoms with E-state index in [1.54, 1.807) is 12.1 Å². The molecule has 1 aromatic rings. The normalized spacial score (nSPS) is 21.5. The molecule has 0 aromatic heterocycles. The third kappa shape index (κ3) is 6.03. The van der Waals surface area contributed by atoms with Crippen LogP contribution in [0.5, 0.6) is 0 Å². The Morgan fingerprint density at radius 1 is 1.43 bits per heavy atom. The highest BCUT2D eigenvalue weighted by atomic mass is 35.5. The lowest BCUT2D eigenvalue weighted by molar-refractivity contribution is -0.122. The predicted molar refractivity (Wildman–Crippen MR) is 90.7 cm³/mol. The summed E-state index contributed by atoms with van der Waals surface area (Å²) in [5, 5.41) is 7.72. The van der Waals surface area contributed by atoms with E-state index in [0.717, 1.165) is 24.9 Å². The van der Waals surface area contributed by atoms with Crippen LogP contribution in [0, 0.1) is 0 Å². The molecular weight excluding hydrogens is 331 g/mol. The van der Waals surface area contributed by atoms with Crippen molar-refractivity contribution in [2.75, 3.05) is 6.54 Å². The number of halogens is 3. The molecule has 1 aromatic carbocycles. The number of benzene rings is 1. The van der Waals surface area contributed by atoms with Crippen molar-refractivity contribution in [2.45, 2.75) is 44.7 Å². The summed E-state index contributed by atoms with van der Waals surface area (Å²) in [7, 11) is 0. The van der Waals surface area contributed by atoms with Crippen LogP contribution in [-0.4, -0.2) is 24.5 Å². The zero-order valence-electron chi connectivity index (χ0n) is 12.0. The summed E-state index contributed by atoms with van der Waals surface area (Å²) in [5.74, 6) is 0.0927. The molecule has 1 amide bonds. The Morgan fingerprint density at radius 2 is 2.19 bits per heavy atom. The largest absolute Gasteiger partial charge is 0.353 e. The fourth-order valence-electron chi connectivity index (χ4n) is 2.54. The second kappa shape index (κ2) is 8.84. The third-order valence-electron chi connectivity index (χ3n) is 3.63. The number of hydrogen-bond acceptors (Lipinski definition) is 2. The van der Waals surface area contributed by atoms with Crippen molar-refractivity contribution in [1.82, 2.24) is 10.6 Å². The Morgan fingerprint density at radius 3 is 2.86 bits per heavy atom. The van der Waals surface area contributed by atoms with Gasteiger partial charge in [-0.15, -0.1) is 12.4 Å². The SMILES string of the molecule is CC1CC(NC(=O)CCc2ccc(Cl)cc2Cl)CCN1.Cl. The molecule has 0 bridgehead atoms. The Balaban J connectivity index is 0.00000220. The minimum atomic E-state index is 0. The lowest BCUT2D eigenvalue weighted by Crippen LogP contribution is -2.46. The average Bonchev–Trinajstić information content (AvgIpc) is 2.37. The predicted octanol–water partition coefficient (Wildman–Crippen LogP) is 3.60. The smallest absolute Gasteiger partial charge is 0.220 e. The van der Waals surface area contributed by atoms with Crippen LogP contribution in [0.3, 0.4) is 0 Å². The molecule has 0 saturated carbocycles. The molecule has 1 heterocycles. The zero-order chi connectivity index (χ0) is 14.5. The van der Waals surface area contributed by atoms with Crippen LogP contribution >= 0.6 is 35.6 Å².